The average Bonchev–Trinajstić information content (AvgIpc) is 3.06. The summed E-state index contributed by atoms with van der Waals surface area (Å²) in [4.78, 5) is 20.3. The number of likely N-dealkylation sites (N-methyl/N-ethyl adjacent to an activating group) is 1. The quantitative estimate of drug-likeness (QED) is 0.580. The molecular formula is C22H29F3N4O3. The molecule has 10 heteroatoms. The number of nitrogens with zero attached hydrogens (tertiary/aromatic N) is 4. The number of hydrogen-bond acceptors (Lipinski definition) is 6. The molecule has 0 radical (unpaired) electrons. The molecule has 1 aliphatic rings. The van der Waals surface area contributed by atoms with Crippen molar-refractivity contribution in [1.82, 2.24) is 9.55 Å². The number of benzene rings is 1. The maximum absolute atomic E-state index is 14.2. The van der Waals surface area contributed by atoms with E-state index in [0.29, 0.717) is 37.7 Å². The summed E-state index contributed by atoms with van der Waals surface area (Å²) >= 11 is 0. The Balaban J connectivity index is 1.98. The van der Waals surface area contributed by atoms with Gasteiger partial charge in [-0.2, -0.15) is 18.2 Å². The first-order valence-corrected chi connectivity index (χ1v) is 10.5. The number of aromatic nitrogens is 2. The molecule has 1 atom stereocenters. The largest absolute Gasteiger partial charge is 0.497 e. The SMILES string of the molecule is CCN(CCOC)c1cc(=O)n2c(n1)N(CCc1ccc(OC)cc1)[C@](C)(C(F)(F)F)C2. The zero-order valence-corrected chi connectivity index (χ0v) is 18.8. The van der Waals surface area contributed by atoms with Crippen LogP contribution < -0.4 is 20.1 Å². The zero-order valence-electron chi connectivity index (χ0n) is 18.8. The molecule has 2 heterocycles. The molecule has 3 rings (SSSR count). The monoisotopic (exact) mass is 454 g/mol. The van der Waals surface area contributed by atoms with Crippen LogP contribution in [-0.4, -0.2) is 61.7 Å². The van der Waals surface area contributed by atoms with Gasteiger partial charge < -0.3 is 19.3 Å². The highest BCUT2D eigenvalue weighted by molar-refractivity contribution is 5.50. The molecule has 0 unspecified atom stereocenters. The molecule has 7 nitrogen and oxygen atoms in total. The molecule has 1 aromatic carbocycles. The van der Waals surface area contributed by atoms with Crippen molar-refractivity contribution in [3.8, 4) is 5.75 Å². The Kier molecular flexibility index (Phi) is 7.02. The second kappa shape index (κ2) is 9.40. The lowest BCUT2D eigenvalue weighted by atomic mass is 10.00. The third-order valence-electron chi connectivity index (χ3n) is 5.94. The predicted molar refractivity (Wildman–Crippen MR) is 117 cm³/mol. The standard InChI is InChI=1S/C22H29F3N4O3/c1-5-27(12-13-31-3)18-14-19(30)28-15-21(2,22(23,24)25)29(20(28)26-18)11-10-16-6-8-17(32-4)9-7-16/h6-9,14H,5,10-13,15H2,1-4H3/t21-/m0/s1. The van der Waals surface area contributed by atoms with Crippen LogP contribution in [0, 0.1) is 0 Å². The van der Waals surface area contributed by atoms with Gasteiger partial charge in [-0.25, -0.2) is 0 Å². The first kappa shape index (κ1) is 23.9. The number of fused-ring (bicyclic) bond motifs is 1. The van der Waals surface area contributed by atoms with Gasteiger partial charge in [0.25, 0.3) is 5.56 Å². The minimum atomic E-state index is -4.55. The molecule has 0 amide bonds. The van der Waals surface area contributed by atoms with Crippen molar-refractivity contribution in [2.24, 2.45) is 0 Å². The predicted octanol–water partition coefficient (Wildman–Crippen LogP) is 3.11. The highest BCUT2D eigenvalue weighted by atomic mass is 19.4. The number of alkyl halides is 3. The van der Waals surface area contributed by atoms with E-state index in [4.69, 9.17) is 9.47 Å². The first-order chi connectivity index (χ1) is 15.1. The van der Waals surface area contributed by atoms with Gasteiger partial charge >= 0.3 is 6.18 Å². The molecule has 0 fully saturated rings. The summed E-state index contributed by atoms with van der Waals surface area (Å²) in [5, 5.41) is 0. The highest BCUT2D eigenvalue weighted by Crippen LogP contribution is 2.43. The number of halogens is 3. The Morgan fingerprint density at radius 1 is 1.22 bits per heavy atom. The van der Waals surface area contributed by atoms with Gasteiger partial charge in [-0.3, -0.25) is 9.36 Å². The fraction of sp³-hybridized carbons (Fsp3) is 0.545. The van der Waals surface area contributed by atoms with Crippen molar-refractivity contribution in [3.05, 3.63) is 46.2 Å². The van der Waals surface area contributed by atoms with Crippen LogP contribution in [0.4, 0.5) is 24.9 Å². The summed E-state index contributed by atoms with van der Waals surface area (Å²) in [6.45, 7) is 4.01. The smallest absolute Gasteiger partial charge is 0.413 e. The van der Waals surface area contributed by atoms with E-state index in [2.05, 4.69) is 4.98 Å². The Morgan fingerprint density at radius 3 is 2.47 bits per heavy atom. The maximum atomic E-state index is 14.2. The molecule has 1 aromatic heterocycles. The normalized spacial score (nSPS) is 18.0. The minimum Gasteiger partial charge on any atom is -0.497 e. The number of rotatable bonds is 9. The lowest BCUT2D eigenvalue weighted by Gasteiger charge is -2.37. The van der Waals surface area contributed by atoms with Crippen LogP contribution in [0.5, 0.6) is 5.75 Å². The van der Waals surface area contributed by atoms with Crippen LogP contribution in [-0.2, 0) is 17.7 Å². The summed E-state index contributed by atoms with van der Waals surface area (Å²) < 4.78 is 53.9. The molecule has 0 saturated carbocycles. The highest BCUT2D eigenvalue weighted by Gasteiger charge is 2.59. The van der Waals surface area contributed by atoms with Crippen LogP contribution in [0.1, 0.15) is 19.4 Å². The molecule has 0 aliphatic carbocycles. The van der Waals surface area contributed by atoms with Gasteiger partial charge in [0.15, 0.2) is 5.54 Å². The molecule has 32 heavy (non-hydrogen) atoms. The Labute approximate surface area is 185 Å². The van der Waals surface area contributed by atoms with E-state index >= 15 is 0 Å². The van der Waals surface area contributed by atoms with Crippen LogP contribution in [0.3, 0.4) is 0 Å². The maximum Gasteiger partial charge on any atom is 0.413 e. The van der Waals surface area contributed by atoms with Crippen molar-refractivity contribution in [1.29, 1.82) is 0 Å². The lowest BCUT2D eigenvalue weighted by molar-refractivity contribution is -0.182. The second-order valence-corrected chi connectivity index (χ2v) is 7.93. The number of methoxy groups -OCH3 is 2. The fourth-order valence-electron chi connectivity index (χ4n) is 3.87. The first-order valence-electron chi connectivity index (χ1n) is 10.5. The summed E-state index contributed by atoms with van der Waals surface area (Å²) in [6, 6.07) is 8.48. The molecule has 0 spiro atoms. The number of hydrogen-bond donors (Lipinski definition) is 0. The van der Waals surface area contributed by atoms with Gasteiger partial charge in [0.2, 0.25) is 5.95 Å². The van der Waals surface area contributed by atoms with Crippen molar-refractivity contribution in [3.63, 3.8) is 0 Å². The molecule has 1 aliphatic heterocycles. The summed E-state index contributed by atoms with van der Waals surface area (Å²) in [5.41, 5.74) is -1.87. The van der Waals surface area contributed by atoms with Crippen LogP contribution in [0.15, 0.2) is 35.1 Å². The van der Waals surface area contributed by atoms with E-state index in [1.165, 1.54) is 11.0 Å². The Bertz CT molecular complexity index is 978. The molecule has 176 valence electrons. The topological polar surface area (TPSA) is 59.8 Å². The van der Waals surface area contributed by atoms with Gasteiger partial charge in [-0.1, -0.05) is 12.1 Å². The van der Waals surface area contributed by atoms with Crippen LogP contribution in [0.2, 0.25) is 0 Å². The lowest BCUT2D eigenvalue weighted by Crippen LogP contribution is -2.56. The van der Waals surface area contributed by atoms with Gasteiger partial charge in [0.1, 0.15) is 11.6 Å². The van der Waals surface area contributed by atoms with Gasteiger partial charge in [-0.15, -0.1) is 0 Å². The average molecular weight is 454 g/mol. The second-order valence-electron chi connectivity index (χ2n) is 7.93. The fourth-order valence-corrected chi connectivity index (χ4v) is 3.87. The Hall–Kier alpha value is -2.75. The molecular weight excluding hydrogens is 425 g/mol. The van der Waals surface area contributed by atoms with Crippen molar-refractivity contribution >= 4 is 11.8 Å². The minimum absolute atomic E-state index is 0.0386. The Morgan fingerprint density at radius 2 is 1.91 bits per heavy atom. The van der Waals surface area contributed by atoms with E-state index in [-0.39, 0.29) is 12.5 Å². The molecule has 0 N–H and O–H groups in total. The number of ether oxygens (including phenoxy) is 2. The van der Waals surface area contributed by atoms with Gasteiger partial charge in [0, 0.05) is 32.8 Å². The van der Waals surface area contributed by atoms with Crippen molar-refractivity contribution in [2.45, 2.75) is 38.5 Å². The molecule has 0 saturated heterocycles. The van der Waals surface area contributed by atoms with E-state index in [1.54, 1.807) is 26.4 Å². The third-order valence-corrected chi connectivity index (χ3v) is 5.94. The zero-order chi connectivity index (χ0) is 23.5. The van der Waals surface area contributed by atoms with Gasteiger partial charge in [-0.05, 0) is 38.0 Å². The molecule has 2 aromatic rings. The van der Waals surface area contributed by atoms with E-state index in [1.807, 2.05) is 24.0 Å². The van der Waals surface area contributed by atoms with Crippen LogP contribution >= 0.6 is 0 Å². The molecule has 0 bridgehead atoms. The van der Waals surface area contributed by atoms with Crippen molar-refractivity contribution < 1.29 is 22.6 Å². The van der Waals surface area contributed by atoms with Crippen molar-refractivity contribution in [2.75, 3.05) is 50.3 Å². The summed E-state index contributed by atoms with van der Waals surface area (Å²) in [6.07, 6.45) is -4.19. The number of anilines is 2. The van der Waals surface area contributed by atoms with E-state index < -0.39 is 23.8 Å². The third kappa shape index (κ3) is 4.55. The van der Waals surface area contributed by atoms with Gasteiger partial charge in [0.05, 0.1) is 20.3 Å². The van der Waals surface area contributed by atoms with E-state index in [9.17, 15) is 18.0 Å². The van der Waals surface area contributed by atoms with Crippen LogP contribution in [0.25, 0.3) is 0 Å². The summed E-state index contributed by atoms with van der Waals surface area (Å²) in [7, 11) is 3.12. The van der Waals surface area contributed by atoms with E-state index in [0.717, 1.165) is 17.1 Å². The summed E-state index contributed by atoms with van der Waals surface area (Å²) in [5.74, 6) is 1.06.